The van der Waals surface area contributed by atoms with Crippen LogP contribution < -0.4 is 5.32 Å². The quantitative estimate of drug-likeness (QED) is 0.554. The van der Waals surface area contributed by atoms with Gasteiger partial charge in [-0.05, 0) is 47.1 Å². The summed E-state index contributed by atoms with van der Waals surface area (Å²) in [6.07, 6.45) is 0.985. The van der Waals surface area contributed by atoms with Gasteiger partial charge >= 0.3 is 0 Å². The lowest BCUT2D eigenvalue weighted by Gasteiger charge is -2.12. The third-order valence-corrected chi connectivity index (χ3v) is 5.06. The van der Waals surface area contributed by atoms with Crippen molar-refractivity contribution in [3.05, 3.63) is 45.4 Å². The van der Waals surface area contributed by atoms with Gasteiger partial charge in [0.2, 0.25) is 0 Å². The highest BCUT2D eigenvalue weighted by Gasteiger charge is 2.12. The molecule has 2 aromatic rings. The van der Waals surface area contributed by atoms with Gasteiger partial charge in [0.15, 0.2) is 0 Å². The Bertz CT molecular complexity index is 588. The third-order valence-electron chi connectivity index (χ3n) is 2.92. The highest BCUT2D eigenvalue weighted by atomic mass is 127. The standard InChI is InChI=1S/C16H20IN3S/c1-11(2)9-13-15(17)16(18-3)20-14(19-13)10-21-12-7-5-4-6-8-12/h4-8,11H,9-10H2,1-3H3,(H,18,19,20). The van der Waals surface area contributed by atoms with Crippen molar-refractivity contribution in [2.75, 3.05) is 12.4 Å². The van der Waals surface area contributed by atoms with Crippen LogP contribution in [0.15, 0.2) is 35.2 Å². The van der Waals surface area contributed by atoms with Gasteiger partial charge in [0.05, 0.1) is 15.0 Å². The van der Waals surface area contributed by atoms with Gasteiger partial charge in [0.25, 0.3) is 0 Å². The van der Waals surface area contributed by atoms with E-state index in [-0.39, 0.29) is 0 Å². The van der Waals surface area contributed by atoms with E-state index in [9.17, 15) is 0 Å². The summed E-state index contributed by atoms with van der Waals surface area (Å²) in [4.78, 5) is 10.6. The molecule has 112 valence electrons. The van der Waals surface area contributed by atoms with Crippen LogP contribution in [0.5, 0.6) is 0 Å². The Balaban J connectivity index is 2.18. The van der Waals surface area contributed by atoms with Crippen LogP contribution in [0.25, 0.3) is 0 Å². The zero-order valence-electron chi connectivity index (χ0n) is 12.6. The Hall–Kier alpha value is -0.820. The molecule has 0 bridgehead atoms. The van der Waals surface area contributed by atoms with Crippen LogP contribution in [-0.2, 0) is 12.2 Å². The van der Waals surface area contributed by atoms with E-state index in [1.54, 1.807) is 11.8 Å². The van der Waals surface area contributed by atoms with Gasteiger partial charge in [-0.25, -0.2) is 9.97 Å². The summed E-state index contributed by atoms with van der Waals surface area (Å²) in [6, 6.07) is 10.4. The van der Waals surface area contributed by atoms with Crippen molar-refractivity contribution in [3.8, 4) is 0 Å². The molecule has 1 N–H and O–H groups in total. The number of hydrogen-bond donors (Lipinski definition) is 1. The molecule has 0 saturated carbocycles. The Kier molecular flexibility index (Phi) is 6.29. The number of anilines is 1. The normalized spacial score (nSPS) is 10.9. The third kappa shape index (κ3) is 4.85. The highest BCUT2D eigenvalue weighted by molar-refractivity contribution is 14.1. The molecule has 0 spiro atoms. The number of nitrogens with zero attached hydrogens (tertiary/aromatic N) is 2. The van der Waals surface area contributed by atoms with Gasteiger partial charge < -0.3 is 5.32 Å². The molecule has 0 fully saturated rings. The number of hydrogen-bond acceptors (Lipinski definition) is 4. The molecule has 3 nitrogen and oxygen atoms in total. The second-order valence-electron chi connectivity index (χ2n) is 5.20. The van der Waals surface area contributed by atoms with E-state index in [1.807, 2.05) is 13.1 Å². The molecule has 1 heterocycles. The minimum Gasteiger partial charge on any atom is -0.372 e. The lowest BCUT2D eigenvalue weighted by molar-refractivity contribution is 0.629. The number of rotatable bonds is 6. The molecule has 1 aromatic carbocycles. The lowest BCUT2D eigenvalue weighted by Crippen LogP contribution is -2.09. The van der Waals surface area contributed by atoms with Gasteiger partial charge in [-0.2, -0.15) is 0 Å². The molecule has 0 saturated heterocycles. The highest BCUT2D eigenvalue weighted by Crippen LogP contribution is 2.25. The van der Waals surface area contributed by atoms with Crippen LogP contribution in [0, 0.1) is 9.49 Å². The van der Waals surface area contributed by atoms with E-state index in [0.29, 0.717) is 5.92 Å². The first-order chi connectivity index (χ1) is 10.1. The smallest absolute Gasteiger partial charge is 0.143 e. The average molecular weight is 413 g/mol. The van der Waals surface area contributed by atoms with Crippen molar-refractivity contribution in [3.63, 3.8) is 0 Å². The van der Waals surface area contributed by atoms with Crippen molar-refractivity contribution in [2.45, 2.75) is 30.9 Å². The van der Waals surface area contributed by atoms with Gasteiger partial charge in [-0.3, -0.25) is 0 Å². The molecule has 5 heteroatoms. The zero-order chi connectivity index (χ0) is 15.2. The van der Waals surface area contributed by atoms with Gasteiger partial charge in [-0.1, -0.05) is 32.0 Å². The average Bonchev–Trinajstić information content (AvgIpc) is 2.48. The van der Waals surface area contributed by atoms with Crippen LogP contribution in [0.2, 0.25) is 0 Å². The fraction of sp³-hybridized carbons (Fsp3) is 0.375. The molecule has 1 aromatic heterocycles. The summed E-state index contributed by atoms with van der Waals surface area (Å²) in [6.45, 7) is 4.44. The summed E-state index contributed by atoms with van der Waals surface area (Å²) < 4.78 is 1.14. The lowest BCUT2D eigenvalue weighted by atomic mass is 10.1. The Morgan fingerprint density at radius 3 is 2.52 bits per heavy atom. The van der Waals surface area contributed by atoms with Gasteiger partial charge in [0.1, 0.15) is 11.6 Å². The van der Waals surface area contributed by atoms with Crippen molar-refractivity contribution in [1.82, 2.24) is 9.97 Å². The molecule has 0 atom stereocenters. The van der Waals surface area contributed by atoms with Crippen molar-refractivity contribution in [1.29, 1.82) is 0 Å². The predicted molar refractivity (Wildman–Crippen MR) is 98.8 cm³/mol. The first-order valence-electron chi connectivity index (χ1n) is 7.01. The van der Waals surface area contributed by atoms with E-state index < -0.39 is 0 Å². The molecule has 0 aliphatic carbocycles. The summed E-state index contributed by atoms with van der Waals surface area (Å²) in [7, 11) is 1.91. The molecule has 0 radical (unpaired) electrons. The molecular weight excluding hydrogens is 393 g/mol. The second-order valence-corrected chi connectivity index (χ2v) is 7.33. The van der Waals surface area contributed by atoms with Crippen LogP contribution in [0.4, 0.5) is 5.82 Å². The molecule has 0 aliphatic heterocycles. The summed E-state index contributed by atoms with van der Waals surface area (Å²) in [5.74, 6) is 3.21. The van der Waals surface area contributed by atoms with Crippen LogP contribution in [0.1, 0.15) is 25.4 Å². The van der Waals surface area contributed by atoms with Crippen LogP contribution >= 0.6 is 34.4 Å². The van der Waals surface area contributed by atoms with E-state index in [0.717, 1.165) is 33.1 Å². The second kappa shape index (κ2) is 7.98. The van der Waals surface area contributed by atoms with E-state index >= 15 is 0 Å². The summed E-state index contributed by atoms with van der Waals surface area (Å²) in [5, 5.41) is 3.18. The molecule has 0 amide bonds. The predicted octanol–water partition coefficient (Wildman–Crippen LogP) is 4.61. The number of thioether (sulfide) groups is 1. The first-order valence-corrected chi connectivity index (χ1v) is 9.07. The first kappa shape index (κ1) is 16.5. The fourth-order valence-corrected chi connectivity index (χ4v) is 3.47. The maximum absolute atomic E-state index is 4.76. The number of nitrogens with one attached hydrogen (secondary N) is 1. The topological polar surface area (TPSA) is 37.8 Å². The fourth-order valence-electron chi connectivity index (χ4n) is 1.96. The maximum Gasteiger partial charge on any atom is 0.143 e. The van der Waals surface area contributed by atoms with Gasteiger partial charge in [0, 0.05) is 11.9 Å². The number of aromatic nitrogens is 2. The zero-order valence-corrected chi connectivity index (χ0v) is 15.5. The molecule has 21 heavy (non-hydrogen) atoms. The van der Waals surface area contributed by atoms with Gasteiger partial charge in [-0.15, -0.1) is 11.8 Å². The molecule has 2 rings (SSSR count). The molecule has 0 aliphatic rings. The minimum absolute atomic E-state index is 0.591. The van der Waals surface area contributed by atoms with Crippen molar-refractivity contribution >= 4 is 40.2 Å². The molecular formula is C16H20IN3S. The minimum atomic E-state index is 0.591. The van der Waals surface area contributed by atoms with E-state index in [2.05, 4.69) is 71.0 Å². The Morgan fingerprint density at radius 2 is 1.90 bits per heavy atom. The SMILES string of the molecule is CNc1nc(CSc2ccccc2)nc(CC(C)C)c1I. The van der Waals surface area contributed by atoms with Crippen molar-refractivity contribution in [2.24, 2.45) is 5.92 Å². The monoisotopic (exact) mass is 413 g/mol. The maximum atomic E-state index is 4.76. The van der Waals surface area contributed by atoms with Crippen molar-refractivity contribution < 1.29 is 0 Å². The largest absolute Gasteiger partial charge is 0.372 e. The van der Waals surface area contributed by atoms with Crippen LogP contribution in [-0.4, -0.2) is 17.0 Å². The summed E-state index contributed by atoms with van der Waals surface area (Å²) >= 11 is 4.11. The summed E-state index contributed by atoms with van der Waals surface area (Å²) in [5.41, 5.74) is 1.15. The van der Waals surface area contributed by atoms with Crippen LogP contribution in [0.3, 0.4) is 0 Å². The van der Waals surface area contributed by atoms with E-state index in [1.165, 1.54) is 4.90 Å². The Labute approximate surface area is 144 Å². The molecule has 0 unspecified atom stereocenters. The Morgan fingerprint density at radius 1 is 1.19 bits per heavy atom. The number of benzene rings is 1. The number of halogens is 1. The van der Waals surface area contributed by atoms with E-state index in [4.69, 9.17) is 4.98 Å².